The first-order valence-corrected chi connectivity index (χ1v) is 10.5. The average Bonchev–Trinajstić information content (AvgIpc) is 3.22. The molecule has 1 amide bonds. The van der Waals surface area contributed by atoms with Gasteiger partial charge in [0.2, 0.25) is 15.9 Å². The largest absolute Gasteiger partial charge is 0.480 e. The van der Waals surface area contributed by atoms with Crippen molar-refractivity contribution < 1.29 is 23.1 Å². The van der Waals surface area contributed by atoms with Gasteiger partial charge in [-0.1, -0.05) is 6.92 Å². The van der Waals surface area contributed by atoms with E-state index >= 15 is 0 Å². The monoisotopic (exact) mass is 393 g/mol. The number of hydrogen-bond acceptors (Lipinski definition) is 4. The molecule has 1 aliphatic heterocycles. The maximum Gasteiger partial charge on any atom is 0.323 e. The minimum atomic E-state index is -3.43. The quantitative estimate of drug-likeness (QED) is 0.746. The highest BCUT2D eigenvalue weighted by Gasteiger charge is 2.38. The highest BCUT2D eigenvalue weighted by atomic mass is 32.2. The number of fused-ring (bicyclic) bond motifs is 1. The normalized spacial score (nSPS) is 18.0. The van der Waals surface area contributed by atoms with E-state index in [0.29, 0.717) is 31.5 Å². The lowest BCUT2D eigenvalue weighted by Gasteiger charge is -2.23. The van der Waals surface area contributed by atoms with Gasteiger partial charge in [-0.15, -0.1) is 0 Å². The summed E-state index contributed by atoms with van der Waals surface area (Å²) in [7, 11) is -3.43. The Hall–Kier alpha value is -2.39. The third-order valence-electron chi connectivity index (χ3n) is 4.67. The zero-order valence-electron chi connectivity index (χ0n) is 15.1. The van der Waals surface area contributed by atoms with Gasteiger partial charge in [0, 0.05) is 29.3 Å². The van der Waals surface area contributed by atoms with Gasteiger partial charge in [-0.3, -0.25) is 9.59 Å². The maximum atomic E-state index is 12.7. The number of aliphatic carboxylic acids is 1. The van der Waals surface area contributed by atoms with Gasteiger partial charge in [-0.25, -0.2) is 8.42 Å². The molecule has 146 valence electrons. The molecule has 8 nitrogen and oxygen atoms in total. The van der Waals surface area contributed by atoms with E-state index in [-0.39, 0.29) is 18.2 Å². The number of sulfonamides is 1. The molecule has 2 heterocycles. The van der Waals surface area contributed by atoms with Crippen LogP contribution in [0.25, 0.3) is 10.9 Å². The molecule has 1 aromatic carbocycles. The van der Waals surface area contributed by atoms with Gasteiger partial charge in [-0.2, -0.15) is 4.31 Å². The first-order chi connectivity index (χ1) is 12.8. The Bertz CT molecular complexity index is 967. The molecule has 1 aromatic heterocycles. The van der Waals surface area contributed by atoms with Crippen LogP contribution in [0, 0.1) is 0 Å². The predicted octanol–water partition coefficient (Wildman–Crippen LogP) is 1.87. The van der Waals surface area contributed by atoms with Crippen molar-refractivity contribution in [1.82, 2.24) is 8.87 Å². The van der Waals surface area contributed by atoms with Gasteiger partial charge in [0.15, 0.2) is 0 Å². The molecule has 2 aromatic rings. The molecule has 0 bridgehead atoms. The smallest absolute Gasteiger partial charge is 0.323 e. The molecule has 9 heteroatoms. The summed E-state index contributed by atoms with van der Waals surface area (Å²) in [5.41, 5.74) is 1.31. The van der Waals surface area contributed by atoms with Gasteiger partial charge in [0.05, 0.1) is 5.75 Å². The van der Waals surface area contributed by atoms with E-state index in [0.717, 1.165) is 10.9 Å². The molecule has 0 radical (unpaired) electrons. The number of carboxylic acid groups (broad SMARTS) is 1. The van der Waals surface area contributed by atoms with Crippen molar-refractivity contribution in [3.8, 4) is 0 Å². The lowest BCUT2D eigenvalue weighted by molar-refractivity contribution is -0.137. The summed E-state index contributed by atoms with van der Waals surface area (Å²) in [6.45, 7) is 2.04. The molecular formula is C18H23N3O5S. The van der Waals surface area contributed by atoms with Crippen LogP contribution in [0.1, 0.15) is 26.2 Å². The fourth-order valence-electron chi connectivity index (χ4n) is 3.50. The molecule has 1 atom stereocenters. The number of hydrogen-bond donors (Lipinski definition) is 2. The van der Waals surface area contributed by atoms with Crippen LogP contribution < -0.4 is 5.32 Å². The minimum Gasteiger partial charge on any atom is -0.480 e. The molecule has 0 spiro atoms. The van der Waals surface area contributed by atoms with E-state index < -0.39 is 22.0 Å². The molecule has 1 fully saturated rings. The number of aromatic nitrogens is 1. The molecular weight excluding hydrogens is 370 g/mol. The Labute approximate surface area is 157 Å². The summed E-state index contributed by atoms with van der Waals surface area (Å²) < 4.78 is 27.6. The van der Waals surface area contributed by atoms with E-state index in [1.807, 2.05) is 0 Å². The number of nitrogens with one attached hydrogen (secondary N) is 1. The van der Waals surface area contributed by atoms with Crippen molar-refractivity contribution in [3.05, 3.63) is 30.5 Å². The van der Waals surface area contributed by atoms with Crippen molar-refractivity contribution >= 4 is 38.5 Å². The second-order valence-electron chi connectivity index (χ2n) is 6.68. The Morgan fingerprint density at radius 3 is 2.78 bits per heavy atom. The Morgan fingerprint density at radius 1 is 1.30 bits per heavy atom. The minimum absolute atomic E-state index is 0.0415. The summed E-state index contributed by atoms with van der Waals surface area (Å²) in [5, 5.41) is 12.5. The van der Waals surface area contributed by atoms with E-state index in [1.54, 1.807) is 42.0 Å². The summed E-state index contributed by atoms with van der Waals surface area (Å²) in [6, 6.07) is 6.29. The highest BCUT2D eigenvalue weighted by molar-refractivity contribution is 7.89. The summed E-state index contributed by atoms with van der Waals surface area (Å²) >= 11 is 0. The van der Waals surface area contributed by atoms with Gasteiger partial charge < -0.3 is 15.0 Å². The van der Waals surface area contributed by atoms with E-state index in [9.17, 15) is 18.0 Å². The van der Waals surface area contributed by atoms with Crippen molar-refractivity contribution in [1.29, 1.82) is 0 Å². The molecule has 1 aliphatic rings. The summed E-state index contributed by atoms with van der Waals surface area (Å²) in [5.74, 6) is -1.23. The number of nitrogens with zero attached hydrogens (tertiary/aromatic N) is 2. The number of carbonyl (C=O) groups is 2. The van der Waals surface area contributed by atoms with E-state index in [2.05, 4.69) is 5.32 Å². The van der Waals surface area contributed by atoms with Crippen LogP contribution in [0.5, 0.6) is 0 Å². The van der Waals surface area contributed by atoms with Crippen molar-refractivity contribution in [2.24, 2.45) is 0 Å². The topological polar surface area (TPSA) is 109 Å². The highest BCUT2D eigenvalue weighted by Crippen LogP contribution is 2.25. The van der Waals surface area contributed by atoms with Crippen LogP contribution in [0.15, 0.2) is 30.5 Å². The Morgan fingerprint density at radius 2 is 2.07 bits per heavy atom. The zero-order chi connectivity index (χ0) is 19.6. The third kappa shape index (κ3) is 4.14. The second-order valence-corrected chi connectivity index (χ2v) is 8.73. The third-order valence-corrected chi connectivity index (χ3v) is 6.75. The van der Waals surface area contributed by atoms with Crippen LogP contribution in [-0.2, 0) is 26.2 Å². The zero-order valence-corrected chi connectivity index (χ0v) is 15.9. The molecule has 3 rings (SSSR count). The summed E-state index contributed by atoms with van der Waals surface area (Å²) in [4.78, 5) is 23.6. The fourth-order valence-corrected chi connectivity index (χ4v) is 5.24. The Balaban J connectivity index is 1.76. The van der Waals surface area contributed by atoms with Gasteiger partial charge in [-0.05, 0) is 43.5 Å². The number of anilines is 1. The number of carbonyl (C=O) groups excluding carboxylic acids is 1. The standard InChI is InChI=1S/C18H23N3O5S/c1-2-10-27(25,26)21-8-3-4-16(21)18(24)19-14-5-6-15-13(11-14)7-9-20(15)12-17(22)23/h5-7,9,11,16H,2-4,8,10,12H2,1H3,(H,19,24)(H,22,23). The van der Waals surface area contributed by atoms with Gasteiger partial charge >= 0.3 is 5.97 Å². The maximum absolute atomic E-state index is 12.7. The lowest BCUT2D eigenvalue weighted by Crippen LogP contribution is -2.44. The van der Waals surface area contributed by atoms with Crippen LogP contribution in [0.2, 0.25) is 0 Å². The molecule has 1 unspecified atom stereocenters. The molecule has 1 saturated heterocycles. The predicted molar refractivity (Wildman–Crippen MR) is 102 cm³/mol. The summed E-state index contributed by atoms with van der Waals surface area (Å²) in [6.07, 6.45) is 3.36. The van der Waals surface area contributed by atoms with E-state index in [4.69, 9.17) is 5.11 Å². The average molecular weight is 393 g/mol. The molecule has 2 N–H and O–H groups in total. The first kappa shape index (κ1) is 19.4. The van der Waals surface area contributed by atoms with Crippen molar-refractivity contribution in [2.75, 3.05) is 17.6 Å². The lowest BCUT2D eigenvalue weighted by atomic mass is 10.2. The Kier molecular flexibility index (Phi) is 5.52. The number of carboxylic acids is 1. The van der Waals surface area contributed by atoms with Crippen LogP contribution in [-0.4, -0.2) is 52.6 Å². The van der Waals surface area contributed by atoms with Crippen LogP contribution >= 0.6 is 0 Å². The van der Waals surface area contributed by atoms with Crippen LogP contribution in [0.4, 0.5) is 5.69 Å². The second kappa shape index (κ2) is 7.69. The SMILES string of the molecule is CCCS(=O)(=O)N1CCCC1C(=O)Nc1ccc2c(ccn2CC(=O)O)c1. The molecule has 0 aliphatic carbocycles. The van der Waals surface area contributed by atoms with E-state index in [1.165, 1.54) is 4.31 Å². The van der Waals surface area contributed by atoms with Crippen molar-refractivity contribution in [2.45, 2.75) is 38.8 Å². The number of amides is 1. The molecule has 27 heavy (non-hydrogen) atoms. The van der Waals surface area contributed by atoms with Gasteiger partial charge in [0.25, 0.3) is 0 Å². The molecule has 0 saturated carbocycles. The number of benzene rings is 1. The fraction of sp³-hybridized carbons (Fsp3) is 0.444. The first-order valence-electron chi connectivity index (χ1n) is 8.93. The van der Waals surface area contributed by atoms with Crippen molar-refractivity contribution in [3.63, 3.8) is 0 Å². The van der Waals surface area contributed by atoms with Gasteiger partial charge in [0.1, 0.15) is 12.6 Å². The van der Waals surface area contributed by atoms with Crippen LogP contribution in [0.3, 0.4) is 0 Å². The number of rotatable bonds is 7.